The molecule has 3 heteroatoms. The van der Waals surface area contributed by atoms with Crippen molar-refractivity contribution >= 4 is 5.91 Å². The fourth-order valence-corrected chi connectivity index (χ4v) is 1.54. The van der Waals surface area contributed by atoms with Gasteiger partial charge in [0.25, 0.3) is 0 Å². The van der Waals surface area contributed by atoms with E-state index in [9.17, 15) is 4.79 Å². The molecule has 0 atom stereocenters. The first-order chi connectivity index (χ1) is 6.34. The molecule has 0 aliphatic carbocycles. The van der Waals surface area contributed by atoms with Crippen molar-refractivity contribution in [2.45, 2.75) is 19.3 Å². The third kappa shape index (κ3) is 3.59. The fraction of sp³-hybridized carbons (Fsp3) is 0.700. The molecule has 1 N–H and O–H groups in total. The largest absolute Gasteiger partial charge is 0.342 e. The molecule has 3 nitrogen and oxygen atoms in total. The van der Waals surface area contributed by atoms with Gasteiger partial charge in [-0.3, -0.25) is 4.79 Å². The Morgan fingerprint density at radius 1 is 1.38 bits per heavy atom. The maximum atomic E-state index is 11.5. The first kappa shape index (κ1) is 10.3. The number of hydrogen-bond donors (Lipinski definition) is 1. The average Bonchev–Trinajstić information content (AvgIpc) is 2.19. The zero-order valence-corrected chi connectivity index (χ0v) is 8.09. The molecular formula is C10H18N2O. The van der Waals surface area contributed by atoms with Gasteiger partial charge in [-0.05, 0) is 19.3 Å². The first-order valence-corrected chi connectivity index (χ1v) is 4.94. The molecule has 1 heterocycles. The van der Waals surface area contributed by atoms with E-state index in [0.717, 1.165) is 25.9 Å². The van der Waals surface area contributed by atoms with Crippen LogP contribution in [0.1, 0.15) is 19.3 Å². The molecule has 74 valence electrons. The van der Waals surface area contributed by atoms with Gasteiger partial charge in [0.15, 0.2) is 0 Å². The van der Waals surface area contributed by atoms with Crippen LogP contribution < -0.4 is 5.32 Å². The van der Waals surface area contributed by atoms with Gasteiger partial charge in [-0.15, -0.1) is 6.58 Å². The summed E-state index contributed by atoms with van der Waals surface area (Å²) in [6, 6.07) is 0. The van der Waals surface area contributed by atoms with Crippen molar-refractivity contribution in [3.8, 4) is 0 Å². The quantitative estimate of drug-likeness (QED) is 0.514. The van der Waals surface area contributed by atoms with E-state index >= 15 is 0 Å². The summed E-state index contributed by atoms with van der Waals surface area (Å²) >= 11 is 0. The number of hydrogen-bond acceptors (Lipinski definition) is 2. The number of piperidine rings is 1. The van der Waals surface area contributed by atoms with Gasteiger partial charge in [-0.25, -0.2) is 0 Å². The molecule has 0 aromatic rings. The van der Waals surface area contributed by atoms with E-state index < -0.39 is 0 Å². The van der Waals surface area contributed by atoms with Gasteiger partial charge in [0.2, 0.25) is 5.91 Å². The molecule has 1 saturated heterocycles. The number of amides is 1. The van der Waals surface area contributed by atoms with Crippen molar-refractivity contribution in [2.24, 2.45) is 0 Å². The highest BCUT2D eigenvalue weighted by molar-refractivity contribution is 5.78. The van der Waals surface area contributed by atoms with Gasteiger partial charge >= 0.3 is 0 Å². The Labute approximate surface area is 79.8 Å². The number of nitrogens with one attached hydrogen (secondary N) is 1. The minimum Gasteiger partial charge on any atom is -0.342 e. The normalized spacial score (nSPS) is 17.1. The number of likely N-dealkylation sites (tertiary alicyclic amines) is 1. The van der Waals surface area contributed by atoms with Crippen molar-refractivity contribution in [3.05, 3.63) is 12.7 Å². The second-order valence-electron chi connectivity index (χ2n) is 3.36. The van der Waals surface area contributed by atoms with E-state index in [1.54, 1.807) is 6.08 Å². The minimum absolute atomic E-state index is 0.224. The fourth-order valence-electron chi connectivity index (χ4n) is 1.54. The van der Waals surface area contributed by atoms with Crippen molar-refractivity contribution < 1.29 is 4.79 Å². The summed E-state index contributed by atoms with van der Waals surface area (Å²) in [4.78, 5) is 13.4. The minimum atomic E-state index is 0.224. The van der Waals surface area contributed by atoms with E-state index in [0.29, 0.717) is 13.1 Å². The lowest BCUT2D eigenvalue weighted by Crippen LogP contribution is -2.41. The second-order valence-corrected chi connectivity index (χ2v) is 3.36. The maximum Gasteiger partial charge on any atom is 0.236 e. The molecule has 0 aromatic carbocycles. The summed E-state index contributed by atoms with van der Waals surface area (Å²) in [7, 11) is 0. The lowest BCUT2D eigenvalue weighted by molar-refractivity contribution is -0.131. The van der Waals surface area contributed by atoms with Crippen molar-refractivity contribution in [1.82, 2.24) is 10.2 Å². The van der Waals surface area contributed by atoms with Gasteiger partial charge in [0, 0.05) is 19.6 Å². The number of carbonyl (C=O) groups excluding carboxylic acids is 1. The average molecular weight is 182 g/mol. The third-order valence-electron chi connectivity index (χ3n) is 2.27. The van der Waals surface area contributed by atoms with Crippen LogP contribution in [-0.4, -0.2) is 37.0 Å². The van der Waals surface area contributed by atoms with Crippen LogP contribution in [0.3, 0.4) is 0 Å². The summed E-state index contributed by atoms with van der Waals surface area (Å²) in [5.41, 5.74) is 0. The zero-order chi connectivity index (χ0) is 9.52. The van der Waals surface area contributed by atoms with Crippen molar-refractivity contribution in [1.29, 1.82) is 0 Å². The van der Waals surface area contributed by atoms with Crippen LogP contribution in [0.2, 0.25) is 0 Å². The Balaban J connectivity index is 2.17. The summed E-state index contributed by atoms with van der Waals surface area (Å²) in [5.74, 6) is 0.224. The van der Waals surface area contributed by atoms with E-state index in [2.05, 4.69) is 11.9 Å². The van der Waals surface area contributed by atoms with Crippen molar-refractivity contribution in [3.63, 3.8) is 0 Å². The molecule has 1 rings (SSSR count). The Bertz CT molecular complexity index is 174. The molecule has 0 saturated carbocycles. The van der Waals surface area contributed by atoms with Crippen LogP contribution in [0.25, 0.3) is 0 Å². The number of carbonyl (C=O) groups is 1. The lowest BCUT2D eigenvalue weighted by Gasteiger charge is -2.26. The molecule has 1 aliphatic heterocycles. The van der Waals surface area contributed by atoms with Crippen LogP contribution >= 0.6 is 0 Å². The van der Waals surface area contributed by atoms with E-state index in [4.69, 9.17) is 0 Å². The van der Waals surface area contributed by atoms with Crippen LogP contribution in [0.15, 0.2) is 12.7 Å². The summed E-state index contributed by atoms with van der Waals surface area (Å²) < 4.78 is 0. The lowest BCUT2D eigenvalue weighted by atomic mass is 10.1. The summed E-state index contributed by atoms with van der Waals surface area (Å²) in [6.45, 7) is 6.62. The summed E-state index contributed by atoms with van der Waals surface area (Å²) in [5, 5.41) is 3.02. The third-order valence-corrected chi connectivity index (χ3v) is 2.27. The summed E-state index contributed by atoms with van der Waals surface area (Å²) in [6.07, 6.45) is 5.35. The standard InChI is InChI=1S/C10H18N2O/c1-2-6-11-9-10(13)12-7-4-3-5-8-12/h2,11H,1,3-9H2. The number of rotatable bonds is 4. The van der Waals surface area contributed by atoms with Gasteiger partial charge in [-0.1, -0.05) is 6.08 Å². The Morgan fingerprint density at radius 2 is 2.08 bits per heavy atom. The van der Waals surface area contributed by atoms with Gasteiger partial charge in [0.1, 0.15) is 0 Å². The van der Waals surface area contributed by atoms with E-state index in [1.807, 2.05) is 4.90 Å². The molecule has 0 radical (unpaired) electrons. The van der Waals surface area contributed by atoms with E-state index in [1.165, 1.54) is 6.42 Å². The SMILES string of the molecule is C=CCNCC(=O)N1CCCCC1. The van der Waals surface area contributed by atoms with Gasteiger partial charge < -0.3 is 10.2 Å². The van der Waals surface area contributed by atoms with Crippen molar-refractivity contribution in [2.75, 3.05) is 26.2 Å². The van der Waals surface area contributed by atoms with Crippen LogP contribution in [0.4, 0.5) is 0 Å². The molecule has 1 fully saturated rings. The van der Waals surface area contributed by atoms with E-state index in [-0.39, 0.29) is 5.91 Å². The highest BCUT2D eigenvalue weighted by Gasteiger charge is 2.14. The molecular weight excluding hydrogens is 164 g/mol. The Morgan fingerprint density at radius 3 is 2.69 bits per heavy atom. The van der Waals surface area contributed by atoms with Crippen LogP contribution in [0, 0.1) is 0 Å². The predicted molar refractivity (Wildman–Crippen MR) is 53.5 cm³/mol. The molecule has 0 spiro atoms. The van der Waals surface area contributed by atoms with Gasteiger partial charge in [-0.2, -0.15) is 0 Å². The molecule has 1 aliphatic rings. The molecule has 13 heavy (non-hydrogen) atoms. The highest BCUT2D eigenvalue weighted by atomic mass is 16.2. The molecule has 0 aromatic heterocycles. The number of nitrogens with zero attached hydrogens (tertiary/aromatic N) is 1. The Hall–Kier alpha value is -0.830. The predicted octanol–water partition coefficient (Wildman–Crippen LogP) is 0.774. The topological polar surface area (TPSA) is 32.3 Å². The molecule has 0 unspecified atom stereocenters. The maximum absolute atomic E-state index is 11.5. The highest BCUT2D eigenvalue weighted by Crippen LogP contribution is 2.07. The molecule has 1 amide bonds. The molecule has 0 bridgehead atoms. The first-order valence-electron chi connectivity index (χ1n) is 4.94. The second kappa shape index (κ2) is 5.75. The van der Waals surface area contributed by atoms with Crippen LogP contribution in [0.5, 0.6) is 0 Å². The Kier molecular flexibility index (Phi) is 4.54. The zero-order valence-electron chi connectivity index (χ0n) is 8.09. The smallest absolute Gasteiger partial charge is 0.236 e. The monoisotopic (exact) mass is 182 g/mol. The van der Waals surface area contributed by atoms with Crippen LogP contribution in [-0.2, 0) is 4.79 Å². The van der Waals surface area contributed by atoms with Gasteiger partial charge in [0.05, 0.1) is 6.54 Å².